The van der Waals surface area contributed by atoms with Crippen molar-refractivity contribution in [3.05, 3.63) is 94.5 Å². The van der Waals surface area contributed by atoms with Gasteiger partial charge in [0.2, 0.25) is 5.13 Å². The number of likely N-dealkylation sites (N-methyl/N-ethyl adjacent to an activating group) is 1. The van der Waals surface area contributed by atoms with Crippen LogP contribution in [0.3, 0.4) is 0 Å². The molecule has 0 aliphatic carbocycles. The summed E-state index contributed by atoms with van der Waals surface area (Å²) in [5.74, 6) is -0.382. The third kappa shape index (κ3) is 5.42. The first kappa shape index (κ1) is 23.7. The van der Waals surface area contributed by atoms with Crippen LogP contribution < -0.4 is 16.4 Å². The SMILES string of the molecule is CN1CCc2ccc(NC(=O)c3cccc(CNC(=O)c4ccc(-c5nnc(N)s5)cc4)c3)cc2C1. The predicted molar refractivity (Wildman–Crippen MR) is 142 cm³/mol. The van der Waals surface area contributed by atoms with Gasteiger partial charge in [0.15, 0.2) is 0 Å². The Balaban J connectivity index is 1.20. The molecule has 9 heteroatoms. The molecular formula is C27H26N6O2S. The van der Waals surface area contributed by atoms with Gasteiger partial charge in [-0.1, -0.05) is 41.7 Å². The topological polar surface area (TPSA) is 113 Å². The molecule has 5 rings (SSSR count). The highest BCUT2D eigenvalue weighted by atomic mass is 32.1. The van der Waals surface area contributed by atoms with Gasteiger partial charge >= 0.3 is 0 Å². The van der Waals surface area contributed by atoms with Crippen LogP contribution in [0.5, 0.6) is 0 Å². The number of fused-ring (bicyclic) bond motifs is 1. The van der Waals surface area contributed by atoms with Crippen molar-refractivity contribution >= 4 is 34.0 Å². The zero-order valence-electron chi connectivity index (χ0n) is 19.8. The Bertz CT molecular complexity index is 1420. The van der Waals surface area contributed by atoms with E-state index in [1.54, 1.807) is 24.3 Å². The van der Waals surface area contributed by atoms with E-state index in [-0.39, 0.29) is 11.8 Å². The fourth-order valence-electron chi connectivity index (χ4n) is 4.20. The average Bonchev–Trinajstić information content (AvgIpc) is 3.33. The summed E-state index contributed by atoms with van der Waals surface area (Å²) in [5.41, 5.74) is 11.8. The zero-order valence-corrected chi connectivity index (χ0v) is 20.6. The van der Waals surface area contributed by atoms with Crippen LogP contribution in [0.25, 0.3) is 10.6 Å². The van der Waals surface area contributed by atoms with E-state index >= 15 is 0 Å². The summed E-state index contributed by atoms with van der Waals surface area (Å²) in [4.78, 5) is 27.8. The van der Waals surface area contributed by atoms with Crippen LogP contribution in [0.1, 0.15) is 37.4 Å². The average molecular weight is 499 g/mol. The highest BCUT2D eigenvalue weighted by Gasteiger charge is 2.15. The summed E-state index contributed by atoms with van der Waals surface area (Å²) < 4.78 is 0. The molecule has 3 aromatic carbocycles. The quantitative estimate of drug-likeness (QED) is 0.371. The Morgan fingerprint density at radius 1 is 0.972 bits per heavy atom. The monoisotopic (exact) mass is 498 g/mol. The van der Waals surface area contributed by atoms with Gasteiger partial charge in [-0.15, -0.1) is 10.2 Å². The number of aromatic nitrogens is 2. The largest absolute Gasteiger partial charge is 0.374 e. The molecule has 0 bridgehead atoms. The number of benzene rings is 3. The van der Waals surface area contributed by atoms with Crippen molar-refractivity contribution in [3.8, 4) is 10.6 Å². The van der Waals surface area contributed by atoms with E-state index in [1.165, 1.54) is 22.5 Å². The predicted octanol–water partition coefficient (Wildman–Crippen LogP) is 3.96. The number of hydrogen-bond acceptors (Lipinski definition) is 7. The number of amides is 2. The Morgan fingerprint density at radius 3 is 2.58 bits per heavy atom. The Labute approximate surface area is 213 Å². The summed E-state index contributed by atoms with van der Waals surface area (Å²) in [7, 11) is 2.10. The minimum atomic E-state index is -0.202. The molecule has 2 amide bonds. The van der Waals surface area contributed by atoms with Crippen LogP contribution in [0.15, 0.2) is 66.7 Å². The Hall–Kier alpha value is -4.08. The van der Waals surface area contributed by atoms with Gasteiger partial charge in [0, 0.05) is 42.0 Å². The number of anilines is 2. The number of carbonyl (C=O) groups is 2. The molecule has 4 N–H and O–H groups in total. The molecule has 182 valence electrons. The molecule has 0 saturated carbocycles. The summed E-state index contributed by atoms with van der Waals surface area (Å²) in [6, 6.07) is 20.5. The van der Waals surface area contributed by atoms with Gasteiger partial charge in [-0.05, 0) is 66.6 Å². The van der Waals surface area contributed by atoms with Crippen molar-refractivity contribution in [2.24, 2.45) is 0 Å². The smallest absolute Gasteiger partial charge is 0.255 e. The first-order valence-corrected chi connectivity index (χ1v) is 12.4. The normalized spacial score (nSPS) is 13.1. The third-order valence-electron chi connectivity index (χ3n) is 6.14. The van der Waals surface area contributed by atoms with Crippen molar-refractivity contribution in [1.29, 1.82) is 0 Å². The lowest BCUT2D eigenvalue weighted by molar-refractivity contribution is 0.0950. The van der Waals surface area contributed by atoms with Crippen molar-refractivity contribution in [2.75, 3.05) is 24.6 Å². The van der Waals surface area contributed by atoms with Crippen LogP contribution in [0, 0.1) is 0 Å². The molecule has 0 atom stereocenters. The van der Waals surface area contributed by atoms with Crippen molar-refractivity contribution in [2.45, 2.75) is 19.5 Å². The fourth-order valence-corrected chi connectivity index (χ4v) is 4.82. The highest BCUT2D eigenvalue weighted by molar-refractivity contribution is 7.18. The van der Waals surface area contributed by atoms with Crippen LogP contribution >= 0.6 is 11.3 Å². The maximum Gasteiger partial charge on any atom is 0.255 e. The molecule has 0 fully saturated rings. The first-order chi connectivity index (χ1) is 17.4. The maximum atomic E-state index is 12.9. The van der Waals surface area contributed by atoms with Crippen molar-refractivity contribution < 1.29 is 9.59 Å². The van der Waals surface area contributed by atoms with E-state index in [0.717, 1.165) is 36.3 Å². The van der Waals surface area contributed by atoms with Crippen LogP contribution in [0.2, 0.25) is 0 Å². The van der Waals surface area contributed by atoms with Crippen molar-refractivity contribution in [1.82, 2.24) is 20.4 Å². The third-order valence-corrected chi connectivity index (χ3v) is 6.95. The van der Waals surface area contributed by atoms with Gasteiger partial charge < -0.3 is 21.3 Å². The second kappa shape index (κ2) is 10.3. The van der Waals surface area contributed by atoms with Crippen LogP contribution in [-0.2, 0) is 19.5 Å². The van der Waals surface area contributed by atoms with Gasteiger partial charge in [0.25, 0.3) is 11.8 Å². The van der Waals surface area contributed by atoms with Crippen LogP contribution in [0.4, 0.5) is 10.8 Å². The molecule has 0 unspecified atom stereocenters. The van der Waals surface area contributed by atoms with E-state index in [2.05, 4.69) is 44.9 Å². The molecule has 8 nitrogen and oxygen atoms in total. The molecule has 1 aliphatic rings. The summed E-state index contributed by atoms with van der Waals surface area (Å²) in [6.45, 7) is 2.24. The van der Waals surface area contributed by atoms with E-state index < -0.39 is 0 Å². The van der Waals surface area contributed by atoms with E-state index in [1.807, 2.05) is 30.3 Å². The first-order valence-electron chi connectivity index (χ1n) is 11.6. The summed E-state index contributed by atoms with van der Waals surface area (Å²) >= 11 is 1.29. The van der Waals surface area contributed by atoms with Crippen LogP contribution in [-0.4, -0.2) is 40.5 Å². The minimum Gasteiger partial charge on any atom is -0.374 e. The van der Waals surface area contributed by atoms with Gasteiger partial charge in [0.1, 0.15) is 5.01 Å². The van der Waals surface area contributed by atoms with E-state index in [4.69, 9.17) is 5.73 Å². The number of hydrogen-bond donors (Lipinski definition) is 3. The van der Waals surface area contributed by atoms with Gasteiger partial charge in [-0.25, -0.2) is 0 Å². The molecule has 2 heterocycles. The molecule has 4 aromatic rings. The molecule has 1 aromatic heterocycles. The number of nitrogens with zero attached hydrogens (tertiary/aromatic N) is 3. The summed E-state index contributed by atoms with van der Waals surface area (Å²) in [5, 5.41) is 14.8. The number of nitrogen functional groups attached to an aromatic ring is 1. The van der Waals surface area contributed by atoms with Crippen molar-refractivity contribution in [3.63, 3.8) is 0 Å². The second-order valence-corrected chi connectivity index (χ2v) is 9.84. The lowest BCUT2D eigenvalue weighted by Crippen LogP contribution is -2.26. The fraction of sp³-hybridized carbons (Fsp3) is 0.185. The Kier molecular flexibility index (Phi) is 6.75. The number of carbonyl (C=O) groups excluding carboxylic acids is 2. The number of nitrogens with two attached hydrogens (primary N) is 1. The van der Waals surface area contributed by atoms with Gasteiger partial charge in [-0.3, -0.25) is 9.59 Å². The van der Waals surface area contributed by atoms with E-state index in [9.17, 15) is 9.59 Å². The Morgan fingerprint density at radius 2 is 1.81 bits per heavy atom. The van der Waals surface area contributed by atoms with Gasteiger partial charge in [0.05, 0.1) is 0 Å². The molecule has 1 aliphatic heterocycles. The standard InChI is InChI=1S/C27H26N6O2S/c1-33-12-11-18-9-10-23(14-22(18)16-33)30-25(35)21-4-2-3-17(13-21)15-29-24(34)19-5-7-20(8-6-19)26-31-32-27(28)36-26/h2-10,13-14H,11-12,15-16H2,1H3,(H2,28,32)(H,29,34)(H,30,35). The maximum absolute atomic E-state index is 12.9. The molecule has 0 spiro atoms. The molecular weight excluding hydrogens is 472 g/mol. The minimum absolute atomic E-state index is 0.180. The molecule has 36 heavy (non-hydrogen) atoms. The molecule has 0 radical (unpaired) electrons. The second-order valence-electron chi connectivity index (χ2n) is 8.83. The zero-order chi connectivity index (χ0) is 25.1. The number of nitrogens with one attached hydrogen (secondary N) is 2. The lowest BCUT2D eigenvalue weighted by atomic mass is 9.99. The summed E-state index contributed by atoms with van der Waals surface area (Å²) in [6.07, 6.45) is 1.02. The highest BCUT2D eigenvalue weighted by Crippen LogP contribution is 2.25. The van der Waals surface area contributed by atoms with Gasteiger partial charge in [-0.2, -0.15) is 0 Å². The molecule has 0 saturated heterocycles. The lowest BCUT2D eigenvalue weighted by Gasteiger charge is -2.25. The van der Waals surface area contributed by atoms with E-state index in [0.29, 0.717) is 27.8 Å². The number of rotatable bonds is 6.